The lowest BCUT2D eigenvalue weighted by Gasteiger charge is -2.10. The van der Waals surface area contributed by atoms with E-state index in [1.165, 1.54) is 0 Å². The van der Waals surface area contributed by atoms with Gasteiger partial charge in [-0.2, -0.15) is 5.10 Å². The number of benzene rings is 3. The third kappa shape index (κ3) is 3.32. The number of ether oxygens (including phenoxy) is 1. The molecule has 162 valence electrons. The number of aromatic nitrogens is 6. The number of aromatic amines is 1. The van der Waals surface area contributed by atoms with Crippen LogP contribution >= 0.6 is 28.1 Å². The Balaban J connectivity index is 1.58. The predicted molar refractivity (Wildman–Crippen MR) is 135 cm³/mol. The van der Waals surface area contributed by atoms with Crippen molar-refractivity contribution < 1.29 is 4.74 Å². The molecule has 0 fully saturated rings. The Kier molecular flexibility index (Phi) is 4.74. The third-order valence-electron chi connectivity index (χ3n) is 5.68. The van der Waals surface area contributed by atoms with Crippen molar-refractivity contribution in [3.8, 4) is 11.4 Å². The van der Waals surface area contributed by atoms with E-state index in [2.05, 4.69) is 42.8 Å². The second-order valence-corrected chi connectivity index (χ2v) is 8.91. The Morgan fingerprint density at radius 1 is 1.00 bits per heavy atom. The summed E-state index contributed by atoms with van der Waals surface area (Å²) >= 11 is 9.15. The SMILES string of the molecule is COc1ccc(-n2c(Cn3c4ccc(Br)cc4c4nc5ccccc5nc43)n[nH]c2=S)cc1. The monoisotopic (exact) mass is 516 g/mol. The van der Waals surface area contributed by atoms with Gasteiger partial charge in [0.05, 0.1) is 30.2 Å². The normalized spacial score (nSPS) is 11.6. The molecule has 0 aliphatic rings. The van der Waals surface area contributed by atoms with E-state index in [-0.39, 0.29) is 0 Å². The van der Waals surface area contributed by atoms with Gasteiger partial charge in [-0.1, -0.05) is 28.1 Å². The van der Waals surface area contributed by atoms with Gasteiger partial charge in [0.2, 0.25) is 0 Å². The number of nitrogens with zero attached hydrogens (tertiary/aromatic N) is 5. The molecule has 0 unspecified atom stereocenters. The van der Waals surface area contributed by atoms with Gasteiger partial charge in [-0.05, 0) is 66.8 Å². The molecule has 3 heterocycles. The molecule has 0 aliphatic carbocycles. The summed E-state index contributed by atoms with van der Waals surface area (Å²) in [5, 5.41) is 8.51. The van der Waals surface area contributed by atoms with Crippen LogP contribution in [0.5, 0.6) is 5.75 Å². The third-order valence-corrected chi connectivity index (χ3v) is 6.45. The van der Waals surface area contributed by atoms with Gasteiger partial charge < -0.3 is 9.30 Å². The first kappa shape index (κ1) is 20.1. The van der Waals surface area contributed by atoms with Gasteiger partial charge in [0.1, 0.15) is 11.3 Å². The van der Waals surface area contributed by atoms with Crippen molar-refractivity contribution in [1.82, 2.24) is 29.3 Å². The van der Waals surface area contributed by atoms with Gasteiger partial charge in [-0.15, -0.1) is 0 Å². The standard InChI is InChI=1S/C24H17BrN6OS/c1-32-16-9-7-15(8-10-16)31-21(28-29-24(31)33)13-30-20-11-6-14(25)12-17(20)22-23(30)27-19-5-3-2-4-18(19)26-22/h2-12H,13H2,1H3,(H,29,33). The summed E-state index contributed by atoms with van der Waals surface area (Å²) in [6, 6.07) is 21.8. The number of halogens is 1. The van der Waals surface area contributed by atoms with Crippen molar-refractivity contribution >= 4 is 61.2 Å². The molecule has 0 radical (unpaired) electrons. The summed E-state index contributed by atoms with van der Waals surface area (Å²) in [5.41, 5.74) is 5.31. The molecule has 0 atom stereocenters. The van der Waals surface area contributed by atoms with E-state index in [1.54, 1.807) is 7.11 Å². The van der Waals surface area contributed by atoms with Gasteiger partial charge in [0, 0.05) is 15.5 Å². The van der Waals surface area contributed by atoms with Gasteiger partial charge >= 0.3 is 0 Å². The molecule has 1 N–H and O–H groups in total. The van der Waals surface area contributed by atoms with Crippen LogP contribution < -0.4 is 4.74 Å². The molecule has 3 aromatic heterocycles. The molecular formula is C24H17BrN6OS. The van der Waals surface area contributed by atoms with Crippen molar-refractivity contribution in [2.75, 3.05) is 7.11 Å². The smallest absolute Gasteiger partial charge is 0.199 e. The molecule has 0 saturated carbocycles. The highest BCUT2D eigenvalue weighted by atomic mass is 79.9. The van der Waals surface area contributed by atoms with E-state index in [4.69, 9.17) is 26.9 Å². The van der Waals surface area contributed by atoms with Crippen molar-refractivity contribution in [1.29, 1.82) is 0 Å². The van der Waals surface area contributed by atoms with Crippen molar-refractivity contribution in [2.24, 2.45) is 0 Å². The van der Waals surface area contributed by atoms with Crippen molar-refractivity contribution in [3.63, 3.8) is 0 Å². The molecule has 6 aromatic rings. The molecule has 7 nitrogen and oxygen atoms in total. The van der Waals surface area contributed by atoms with Crippen LogP contribution in [0.4, 0.5) is 0 Å². The minimum absolute atomic E-state index is 0.466. The van der Waals surface area contributed by atoms with E-state index < -0.39 is 0 Å². The second kappa shape index (κ2) is 7.79. The molecule has 0 spiro atoms. The lowest BCUT2D eigenvalue weighted by atomic mass is 10.2. The van der Waals surface area contributed by atoms with Crippen LogP contribution in [-0.2, 0) is 6.54 Å². The molecule has 0 bridgehead atoms. The fourth-order valence-corrected chi connectivity index (χ4v) is 4.76. The summed E-state index contributed by atoms with van der Waals surface area (Å²) in [7, 11) is 1.65. The summed E-state index contributed by atoms with van der Waals surface area (Å²) < 4.78 is 10.9. The maximum atomic E-state index is 5.55. The van der Waals surface area contributed by atoms with Crippen LogP contribution in [-0.4, -0.2) is 36.4 Å². The first-order chi connectivity index (χ1) is 16.1. The maximum absolute atomic E-state index is 5.55. The topological polar surface area (TPSA) is 73.6 Å². The molecular weight excluding hydrogens is 500 g/mol. The summed E-state index contributed by atoms with van der Waals surface area (Å²) in [6.07, 6.45) is 0. The van der Waals surface area contributed by atoms with E-state index in [9.17, 15) is 0 Å². The van der Waals surface area contributed by atoms with Crippen LogP contribution in [0.1, 0.15) is 5.82 Å². The Labute approximate surface area is 201 Å². The highest BCUT2D eigenvalue weighted by molar-refractivity contribution is 9.10. The number of fused-ring (bicyclic) bond motifs is 4. The zero-order valence-corrected chi connectivity index (χ0v) is 19.9. The van der Waals surface area contributed by atoms with Gasteiger partial charge in [0.15, 0.2) is 16.2 Å². The van der Waals surface area contributed by atoms with Crippen LogP contribution in [0.2, 0.25) is 0 Å². The first-order valence-corrected chi connectivity index (χ1v) is 11.5. The van der Waals surface area contributed by atoms with Crippen molar-refractivity contribution in [3.05, 3.63) is 81.8 Å². The predicted octanol–water partition coefficient (Wildman–Crippen LogP) is 5.80. The number of nitrogens with one attached hydrogen (secondary N) is 1. The first-order valence-electron chi connectivity index (χ1n) is 10.3. The number of para-hydroxylation sites is 2. The lowest BCUT2D eigenvalue weighted by molar-refractivity contribution is 0.414. The Hall–Kier alpha value is -3.56. The van der Waals surface area contributed by atoms with Crippen LogP contribution in [0, 0.1) is 4.77 Å². The highest BCUT2D eigenvalue weighted by Crippen LogP contribution is 2.31. The molecule has 9 heteroatoms. The number of methoxy groups -OCH3 is 1. The van der Waals surface area contributed by atoms with E-state index in [0.717, 1.165) is 54.8 Å². The van der Waals surface area contributed by atoms with Gasteiger partial charge in [-0.3, -0.25) is 9.67 Å². The Morgan fingerprint density at radius 3 is 2.52 bits per heavy atom. The summed E-state index contributed by atoms with van der Waals surface area (Å²) in [5.74, 6) is 1.55. The largest absolute Gasteiger partial charge is 0.497 e. The lowest BCUT2D eigenvalue weighted by Crippen LogP contribution is -2.08. The van der Waals surface area contributed by atoms with E-state index >= 15 is 0 Å². The fourth-order valence-electron chi connectivity index (χ4n) is 4.14. The summed E-state index contributed by atoms with van der Waals surface area (Å²) in [4.78, 5) is 9.91. The highest BCUT2D eigenvalue weighted by Gasteiger charge is 2.18. The summed E-state index contributed by atoms with van der Waals surface area (Å²) in [6.45, 7) is 0.466. The van der Waals surface area contributed by atoms with Gasteiger partial charge in [-0.25, -0.2) is 9.97 Å². The van der Waals surface area contributed by atoms with E-state index in [1.807, 2.05) is 59.2 Å². The zero-order chi connectivity index (χ0) is 22.5. The Morgan fingerprint density at radius 2 is 1.76 bits per heavy atom. The van der Waals surface area contributed by atoms with Crippen LogP contribution in [0.15, 0.2) is 71.2 Å². The minimum atomic E-state index is 0.466. The molecule has 0 aliphatic heterocycles. The van der Waals surface area contributed by atoms with Gasteiger partial charge in [0.25, 0.3) is 0 Å². The minimum Gasteiger partial charge on any atom is -0.497 e. The molecule has 33 heavy (non-hydrogen) atoms. The van der Waals surface area contributed by atoms with E-state index in [0.29, 0.717) is 11.3 Å². The number of rotatable bonds is 4. The molecule has 3 aromatic carbocycles. The quantitative estimate of drug-likeness (QED) is 0.299. The zero-order valence-electron chi connectivity index (χ0n) is 17.5. The fraction of sp³-hybridized carbons (Fsp3) is 0.0833. The number of H-pyrrole nitrogens is 1. The molecule has 6 rings (SSSR count). The van der Waals surface area contributed by atoms with Crippen molar-refractivity contribution in [2.45, 2.75) is 6.54 Å². The number of hydrogen-bond acceptors (Lipinski definition) is 5. The molecule has 0 amide bonds. The van der Waals surface area contributed by atoms with Crippen LogP contribution in [0.3, 0.4) is 0 Å². The average molecular weight is 517 g/mol. The Bertz CT molecular complexity index is 1720. The number of hydrogen-bond donors (Lipinski definition) is 1. The molecule has 0 saturated heterocycles. The second-order valence-electron chi connectivity index (χ2n) is 7.61. The average Bonchev–Trinajstić information content (AvgIpc) is 3.35. The van der Waals surface area contributed by atoms with Crippen LogP contribution in [0.25, 0.3) is 38.8 Å². The maximum Gasteiger partial charge on any atom is 0.199 e.